The highest BCUT2D eigenvalue weighted by atomic mass is 16.8. The Morgan fingerprint density at radius 3 is 2.39 bits per heavy atom. The van der Waals surface area contributed by atoms with Gasteiger partial charge in [-0.05, 0) is 37.6 Å². The molecule has 44 heavy (non-hydrogen) atoms. The predicted octanol–water partition coefficient (Wildman–Crippen LogP) is -1.33. The number of hydrogen-bond donors (Lipinski definition) is 6. The lowest BCUT2D eigenvalue weighted by molar-refractivity contribution is -0.353. The lowest BCUT2D eigenvalue weighted by atomic mass is 9.83. The molecule has 2 saturated heterocycles. The largest absolute Gasteiger partial charge is 0.472 e. The summed E-state index contributed by atoms with van der Waals surface area (Å²) < 4.78 is 34.2. The van der Waals surface area contributed by atoms with Crippen molar-refractivity contribution in [1.82, 2.24) is 0 Å². The number of hydrogen-bond acceptors (Lipinski definition) is 14. The van der Waals surface area contributed by atoms with Crippen molar-refractivity contribution >= 4 is 17.8 Å². The summed E-state index contributed by atoms with van der Waals surface area (Å²) in [5, 5.41) is 62.2. The SMILES string of the molecule is CC1=CC(=O)[C@]2(O[C@@H]3O[C@H](C)[C@@H](O)[C@H](OC(=O)C=Cc4ccccc4)[C@@H]3O)C=CO[C@H](O[C@@H]3O[C@@H](CO)[C@@H](O)[C@@H](O)[C@H]3O)[C@H]12. The average molecular weight is 621 g/mol. The van der Waals surface area contributed by atoms with E-state index in [2.05, 4.69) is 0 Å². The molecule has 5 rings (SSSR count). The molecule has 0 spiro atoms. The minimum Gasteiger partial charge on any atom is -0.472 e. The van der Waals surface area contributed by atoms with Crippen LogP contribution in [0.25, 0.3) is 6.08 Å². The molecule has 0 unspecified atom stereocenters. The van der Waals surface area contributed by atoms with Crippen LogP contribution in [0.3, 0.4) is 0 Å². The van der Waals surface area contributed by atoms with Crippen LogP contribution in [0.1, 0.15) is 19.4 Å². The van der Waals surface area contributed by atoms with E-state index >= 15 is 0 Å². The second-order valence-corrected chi connectivity index (χ2v) is 11.1. The summed E-state index contributed by atoms with van der Waals surface area (Å²) in [6.45, 7) is 2.40. The lowest BCUT2D eigenvalue weighted by Gasteiger charge is -2.47. The fraction of sp³-hybridized carbons (Fsp3) is 0.533. The van der Waals surface area contributed by atoms with Crippen molar-refractivity contribution in [3.05, 3.63) is 66.0 Å². The molecule has 14 nitrogen and oxygen atoms in total. The summed E-state index contributed by atoms with van der Waals surface area (Å²) in [5.74, 6) is -2.43. The molecule has 4 aliphatic rings. The molecule has 6 N–H and O–H groups in total. The van der Waals surface area contributed by atoms with Gasteiger partial charge < -0.3 is 59.1 Å². The highest BCUT2D eigenvalue weighted by molar-refractivity contribution is 6.03. The normalized spacial score (nSPS) is 42.1. The van der Waals surface area contributed by atoms with Crippen LogP contribution >= 0.6 is 0 Å². The number of fused-ring (bicyclic) bond motifs is 1. The van der Waals surface area contributed by atoms with Crippen molar-refractivity contribution in [2.75, 3.05) is 6.61 Å². The van der Waals surface area contributed by atoms with E-state index in [0.717, 1.165) is 17.9 Å². The number of carbonyl (C=O) groups is 2. The summed E-state index contributed by atoms with van der Waals surface area (Å²) in [6.07, 6.45) is -10.1. The van der Waals surface area contributed by atoms with E-state index in [-0.39, 0.29) is 0 Å². The van der Waals surface area contributed by atoms with Gasteiger partial charge >= 0.3 is 5.97 Å². The molecule has 0 aromatic heterocycles. The first-order valence-electron chi connectivity index (χ1n) is 14.1. The van der Waals surface area contributed by atoms with E-state index in [0.29, 0.717) is 5.57 Å². The molecule has 0 saturated carbocycles. The fourth-order valence-corrected chi connectivity index (χ4v) is 5.72. The van der Waals surface area contributed by atoms with Crippen molar-refractivity contribution < 1.29 is 68.6 Å². The number of benzene rings is 1. The molecule has 13 atom stereocenters. The Labute approximate surface area is 252 Å². The zero-order chi connectivity index (χ0) is 31.8. The van der Waals surface area contributed by atoms with Gasteiger partial charge in [0.15, 0.2) is 30.1 Å². The van der Waals surface area contributed by atoms with Crippen molar-refractivity contribution in [3.63, 3.8) is 0 Å². The zero-order valence-corrected chi connectivity index (χ0v) is 23.9. The molecule has 1 aromatic rings. The van der Waals surface area contributed by atoms with E-state index in [1.165, 1.54) is 25.2 Å². The molecule has 240 valence electrons. The summed E-state index contributed by atoms with van der Waals surface area (Å²) >= 11 is 0. The minimum atomic E-state index is -1.86. The second kappa shape index (κ2) is 13.1. The van der Waals surface area contributed by atoms with Crippen LogP contribution in [0.15, 0.2) is 60.4 Å². The first-order valence-corrected chi connectivity index (χ1v) is 14.1. The van der Waals surface area contributed by atoms with E-state index < -0.39 is 97.6 Å². The number of ether oxygens (including phenoxy) is 6. The van der Waals surface area contributed by atoms with Gasteiger partial charge in [-0.3, -0.25) is 4.79 Å². The summed E-state index contributed by atoms with van der Waals surface area (Å²) in [5.41, 5.74) is -0.704. The van der Waals surface area contributed by atoms with Gasteiger partial charge in [0.25, 0.3) is 0 Å². The maximum Gasteiger partial charge on any atom is 0.331 e. The van der Waals surface area contributed by atoms with Crippen LogP contribution in [-0.4, -0.2) is 122 Å². The van der Waals surface area contributed by atoms with Gasteiger partial charge in [-0.2, -0.15) is 0 Å². The van der Waals surface area contributed by atoms with E-state index in [1.807, 2.05) is 6.07 Å². The minimum absolute atomic E-state index is 0.432. The van der Waals surface area contributed by atoms with Crippen molar-refractivity contribution in [2.45, 2.75) is 87.2 Å². The highest BCUT2D eigenvalue weighted by Crippen LogP contribution is 2.46. The van der Waals surface area contributed by atoms with Crippen LogP contribution in [0.4, 0.5) is 0 Å². The number of rotatable bonds is 8. The third kappa shape index (κ3) is 6.10. The highest BCUT2D eigenvalue weighted by Gasteiger charge is 2.60. The van der Waals surface area contributed by atoms with Gasteiger partial charge in [-0.1, -0.05) is 35.9 Å². The van der Waals surface area contributed by atoms with Crippen LogP contribution < -0.4 is 0 Å². The average Bonchev–Trinajstić information content (AvgIpc) is 3.27. The number of aliphatic hydroxyl groups is 6. The van der Waals surface area contributed by atoms with Gasteiger partial charge in [-0.15, -0.1) is 0 Å². The van der Waals surface area contributed by atoms with Gasteiger partial charge in [0.1, 0.15) is 36.6 Å². The first-order chi connectivity index (χ1) is 21.0. The molecule has 0 bridgehead atoms. The van der Waals surface area contributed by atoms with E-state index in [9.17, 15) is 40.2 Å². The van der Waals surface area contributed by atoms with E-state index in [1.54, 1.807) is 31.2 Å². The molecule has 3 heterocycles. The predicted molar refractivity (Wildman–Crippen MR) is 147 cm³/mol. The Hall–Kier alpha value is -3.02. The topological polar surface area (TPSA) is 211 Å². The third-order valence-electron chi connectivity index (χ3n) is 8.17. The van der Waals surface area contributed by atoms with Crippen LogP contribution in [0.2, 0.25) is 0 Å². The molecular weight excluding hydrogens is 584 g/mol. The first kappa shape index (κ1) is 32.4. The van der Waals surface area contributed by atoms with Gasteiger partial charge in [-0.25, -0.2) is 4.79 Å². The van der Waals surface area contributed by atoms with Gasteiger partial charge in [0.05, 0.1) is 24.9 Å². The maximum atomic E-state index is 13.4. The second-order valence-electron chi connectivity index (χ2n) is 11.1. The van der Waals surface area contributed by atoms with Gasteiger partial charge in [0.2, 0.25) is 6.29 Å². The maximum absolute atomic E-state index is 13.4. The molecule has 0 amide bonds. The van der Waals surface area contributed by atoms with Crippen LogP contribution in [0, 0.1) is 5.92 Å². The molecule has 3 aliphatic heterocycles. The van der Waals surface area contributed by atoms with Gasteiger partial charge in [0, 0.05) is 6.08 Å². The summed E-state index contributed by atoms with van der Waals surface area (Å²) in [4.78, 5) is 26.0. The lowest BCUT2D eigenvalue weighted by Crippen LogP contribution is -2.63. The number of ketones is 1. The fourth-order valence-electron chi connectivity index (χ4n) is 5.72. The van der Waals surface area contributed by atoms with Crippen molar-refractivity contribution in [1.29, 1.82) is 0 Å². The third-order valence-corrected chi connectivity index (χ3v) is 8.17. The Morgan fingerprint density at radius 2 is 1.68 bits per heavy atom. The smallest absolute Gasteiger partial charge is 0.331 e. The Kier molecular flexibility index (Phi) is 9.67. The standard InChI is InChI=1S/C30H36O14/c1-14-12-18(32)30(10-11-39-27(20(14)30)43-28-24(37)23(36)22(35)17(13-31)41-28)44-29-25(38)26(21(34)15(2)40-29)42-19(33)9-8-16-6-4-3-5-7-16/h3-12,15,17,20-29,31,34-38H,13H2,1-2H3/t15-,17+,20+,21-,22-,23-,24-,25+,26+,27-,28+,29+,30-/m1/s1. The molecule has 1 aliphatic carbocycles. The van der Waals surface area contributed by atoms with Crippen molar-refractivity contribution in [3.8, 4) is 0 Å². The molecular formula is C30H36O14. The quantitative estimate of drug-likeness (QED) is 0.147. The number of esters is 1. The molecule has 0 radical (unpaired) electrons. The van der Waals surface area contributed by atoms with Crippen LogP contribution in [0.5, 0.6) is 0 Å². The molecule has 2 fully saturated rings. The Morgan fingerprint density at radius 1 is 0.955 bits per heavy atom. The van der Waals surface area contributed by atoms with E-state index in [4.69, 9.17) is 28.4 Å². The molecule has 1 aromatic carbocycles. The molecule has 14 heteroatoms. The summed E-state index contributed by atoms with van der Waals surface area (Å²) in [6, 6.07) is 8.94. The van der Waals surface area contributed by atoms with Crippen LogP contribution in [-0.2, 0) is 38.0 Å². The van der Waals surface area contributed by atoms with Crippen molar-refractivity contribution in [2.24, 2.45) is 5.92 Å². The summed E-state index contributed by atoms with van der Waals surface area (Å²) in [7, 11) is 0. The number of aliphatic hydroxyl groups excluding tert-OH is 6. The Balaban J connectivity index is 1.34. The Bertz CT molecular complexity index is 1280. The zero-order valence-electron chi connectivity index (χ0n) is 23.9. The number of carbonyl (C=O) groups excluding carboxylic acids is 2. The monoisotopic (exact) mass is 620 g/mol.